The van der Waals surface area contributed by atoms with Gasteiger partial charge >= 0.3 is 0 Å². The molecule has 5 nitrogen and oxygen atoms in total. The van der Waals surface area contributed by atoms with Crippen molar-refractivity contribution in [2.24, 2.45) is 0 Å². The average Bonchev–Trinajstić information content (AvgIpc) is 3.54. The average molecular weight is 466 g/mol. The smallest absolute Gasteiger partial charge is 0.192 e. The highest BCUT2D eigenvalue weighted by Gasteiger charge is 2.18. The molecule has 0 spiro atoms. The lowest BCUT2D eigenvalue weighted by atomic mass is 10.0. The Morgan fingerprint density at radius 3 is 2.35 bits per heavy atom. The first-order chi connectivity index (χ1) is 16.7. The monoisotopic (exact) mass is 465 g/mol. The Morgan fingerprint density at radius 1 is 0.853 bits per heavy atom. The Morgan fingerprint density at radius 2 is 1.62 bits per heavy atom. The van der Waals surface area contributed by atoms with Crippen molar-refractivity contribution in [1.29, 1.82) is 0 Å². The van der Waals surface area contributed by atoms with E-state index >= 15 is 0 Å². The number of furan rings is 1. The largest absolute Gasteiger partial charge is 0.467 e. The molecule has 0 atom stereocenters. The van der Waals surface area contributed by atoms with Gasteiger partial charge in [-0.3, -0.25) is 9.36 Å². The third-order valence-electron chi connectivity index (χ3n) is 5.53. The standard InChI is InChI=1S/C28H23N3O2S/c1-20-7-5-10-24(17-20)27-29-30-28(31(27)18-25-11-6-16-33-25)34-19-26(32)23-14-12-22(13-15-23)21-8-3-2-4-9-21/h2-17H,18-19H2,1H3. The SMILES string of the molecule is Cc1cccc(-c2nnc(SCC(=O)c3ccc(-c4ccccc4)cc3)n2Cc2ccco2)c1. The van der Waals surface area contributed by atoms with Crippen LogP contribution in [0.2, 0.25) is 0 Å². The first-order valence-electron chi connectivity index (χ1n) is 11.0. The molecule has 2 heterocycles. The lowest BCUT2D eigenvalue weighted by Gasteiger charge is -2.09. The Hall–Kier alpha value is -3.90. The molecular weight excluding hydrogens is 442 g/mol. The van der Waals surface area contributed by atoms with Crippen LogP contribution in [-0.4, -0.2) is 26.3 Å². The van der Waals surface area contributed by atoms with Crippen LogP contribution in [0.25, 0.3) is 22.5 Å². The molecule has 0 radical (unpaired) electrons. The molecule has 0 aliphatic heterocycles. The van der Waals surface area contributed by atoms with E-state index in [1.807, 2.05) is 84.3 Å². The van der Waals surface area contributed by atoms with Gasteiger partial charge in [-0.05, 0) is 36.2 Å². The minimum Gasteiger partial charge on any atom is -0.467 e. The highest BCUT2D eigenvalue weighted by atomic mass is 32.2. The van der Waals surface area contributed by atoms with Gasteiger partial charge in [-0.15, -0.1) is 10.2 Å². The van der Waals surface area contributed by atoms with Gasteiger partial charge in [0.25, 0.3) is 0 Å². The van der Waals surface area contributed by atoms with E-state index < -0.39 is 0 Å². The van der Waals surface area contributed by atoms with Gasteiger partial charge in [0.2, 0.25) is 0 Å². The molecule has 0 amide bonds. The van der Waals surface area contributed by atoms with Crippen molar-refractivity contribution in [3.05, 3.63) is 114 Å². The molecule has 0 saturated carbocycles. The van der Waals surface area contributed by atoms with Gasteiger partial charge in [-0.2, -0.15) is 0 Å². The molecule has 0 aliphatic rings. The topological polar surface area (TPSA) is 60.9 Å². The summed E-state index contributed by atoms with van der Waals surface area (Å²) in [4.78, 5) is 12.9. The number of rotatable bonds is 8. The second kappa shape index (κ2) is 9.93. The third kappa shape index (κ3) is 4.87. The summed E-state index contributed by atoms with van der Waals surface area (Å²) < 4.78 is 7.57. The maximum Gasteiger partial charge on any atom is 0.192 e. The first-order valence-corrected chi connectivity index (χ1v) is 12.0. The molecule has 5 aromatic rings. The van der Waals surface area contributed by atoms with E-state index in [9.17, 15) is 4.79 Å². The zero-order valence-electron chi connectivity index (χ0n) is 18.7. The Labute approximate surface area is 202 Å². The zero-order chi connectivity index (χ0) is 23.3. The lowest BCUT2D eigenvalue weighted by molar-refractivity contribution is 0.102. The predicted octanol–water partition coefficient (Wildman–Crippen LogP) is 6.54. The van der Waals surface area contributed by atoms with Gasteiger partial charge in [-0.1, -0.05) is 90.1 Å². The van der Waals surface area contributed by atoms with E-state index in [0.717, 1.165) is 33.8 Å². The summed E-state index contributed by atoms with van der Waals surface area (Å²) in [5.74, 6) is 1.88. The molecule has 6 heteroatoms. The molecule has 0 fully saturated rings. The number of carbonyl (C=O) groups is 1. The van der Waals surface area contributed by atoms with Crippen LogP contribution in [0.5, 0.6) is 0 Å². The van der Waals surface area contributed by atoms with Crippen LogP contribution in [-0.2, 0) is 6.54 Å². The van der Waals surface area contributed by atoms with Crippen LogP contribution in [0.4, 0.5) is 0 Å². The van der Waals surface area contributed by atoms with Gasteiger partial charge in [0, 0.05) is 11.1 Å². The molecule has 0 bridgehead atoms. The summed E-state index contributed by atoms with van der Waals surface area (Å²) >= 11 is 1.39. The van der Waals surface area contributed by atoms with E-state index in [4.69, 9.17) is 4.42 Å². The number of hydrogen-bond donors (Lipinski definition) is 0. The van der Waals surface area contributed by atoms with Crippen molar-refractivity contribution in [2.75, 3.05) is 5.75 Å². The minimum absolute atomic E-state index is 0.0502. The summed E-state index contributed by atoms with van der Waals surface area (Å²) in [5.41, 5.74) is 5.03. The maximum absolute atomic E-state index is 12.9. The van der Waals surface area contributed by atoms with E-state index in [2.05, 4.69) is 28.4 Å². The summed E-state index contributed by atoms with van der Waals surface area (Å²) in [6.07, 6.45) is 1.65. The zero-order valence-corrected chi connectivity index (χ0v) is 19.5. The van der Waals surface area contributed by atoms with Crippen molar-refractivity contribution in [3.8, 4) is 22.5 Å². The Balaban J connectivity index is 1.35. The van der Waals surface area contributed by atoms with Crippen molar-refractivity contribution in [2.45, 2.75) is 18.6 Å². The Bertz CT molecular complexity index is 1390. The van der Waals surface area contributed by atoms with E-state index in [1.54, 1.807) is 6.26 Å². The molecule has 3 aromatic carbocycles. The summed E-state index contributed by atoms with van der Waals surface area (Å²) in [5, 5.41) is 9.53. The summed E-state index contributed by atoms with van der Waals surface area (Å²) in [7, 11) is 0. The second-order valence-corrected chi connectivity index (χ2v) is 8.94. The predicted molar refractivity (Wildman–Crippen MR) is 135 cm³/mol. The van der Waals surface area contributed by atoms with Crippen LogP contribution in [0.15, 0.2) is 107 Å². The molecule has 34 heavy (non-hydrogen) atoms. The lowest BCUT2D eigenvalue weighted by Crippen LogP contribution is -2.07. The van der Waals surface area contributed by atoms with E-state index in [0.29, 0.717) is 17.3 Å². The number of carbonyl (C=O) groups excluding carboxylic acids is 1. The fourth-order valence-electron chi connectivity index (χ4n) is 3.79. The third-order valence-corrected chi connectivity index (χ3v) is 6.50. The quantitative estimate of drug-likeness (QED) is 0.192. The van der Waals surface area contributed by atoms with Crippen LogP contribution < -0.4 is 0 Å². The van der Waals surface area contributed by atoms with Crippen LogP contribution in [0, 0.1) is 6.92 Å². The highest BCUT2D eigenvalue weighted by molar-refractivity contribution is 7.99. The minimum atomic E-state index is 0.0502. The fraction of sp³-hybridized carbons (Fsp3) is 0.107. The van der Waals surface area contributed by atoms with Crippen molar-refractivity contribution in [3.63, 3.8) is 0 Å². The molecule has 0 aliphatic carbocycles. The van der Waals surface area contributed by atoms with Crippen LogP contribution in [0.1, 0.15) is 21.7 Å². The second-order valence-electron chi connectivity index (χ2n) is 8.00. The van der Waals surface area contributed by atoms with E-state index in [1.165, 1.54) is 11.8 Å². The number of thioether (sulfide) groups is 1. The van der Waals surface area contributed by atoms with Gasteiger partial charge in [-0.25, -0.2) is 0 Å². The van der Waals surface area contributed by atoms with E-state index in [-0.39, 0.29) is 11.5 Å². The number of ketones is 1. The van der Waals surface area contributed by atoms with Gasteiger partial charge in [0.15, 0.2) is 16.8 Å². The van der Waals surface area contributed by atoms with Crippen molar-refractivity contribution in [1.82, 2.24) is 14.8 Å². The molecular formula is C28H23N3O2S. The molecule has 0 saturated heterocycles. The van der Waals surface area contributed by atoms with Gasteiger partial charge in [0.1, 0.15) is 5.76 Å². The highest BCUT2D eigenvalue weighted by Crippen LogP contribution is 2.27. The number of benzene rings is 3. The number of aromatic nitrogens is 3. The van der Waals surface area contributed by atoms with Crippen molar-refractivity contribution < 1.29 is 9.21 Å². The molecule has 2 aromatic heterocycles. The van der Waals surface area contributed by atoms with Crippen LogP contribution in [0.3, 0.4) is 0 Å². The number of Topliss-reactive ketones (excluding diaryl/α,β-unsaturated/α-hetero) is 1. The molecule has 0 N–H and O–H groups in total. The van der Waals surface area contributed by atoms with Crippen LogP contribution >= 0.6 is 11.8 Å². The number of nitrogens with zero attached hydrogens (tertiary/aromatic N) is 3. The van der Waals surface area contributed by atoms with Crippen molar-refractivity contribution >= 4 is 17.5 Å². The molecule has 5 rings (SSSR count). The Kier molecular flexibility index (Phi) is 6.40. The maximum atomic E-state index is 12.9. The molecule has 168 valence electrons. The normalized spacial score (nSPS) is 11.0. The number of aryl methyl sites for hydroxylation is 1. The fourth-order valence-corrected chi connectivity index (χ4v) is 4.62. The van der Waals surface area contributed by atoms with Gasteiger partial charge < -0.3 is 4.42 Å². The summed E-state index contributed by atoms with van der Waals surface area (Å²) in [6, 6.07) is 29.8. The first kappa shape index (κ1) is 21.9. The number of hydrogen-bond acceptors (Lipinski definition) is 5. The van der Waals surface area contributed by atoms with Gasteiger partial charge in [0.05, 0.1) is 18.6 Å². The summed E-state index contributed by atoms with van der Waals surface area (Å²) in [6.45, 7) is 2.54. The molecule has 0 unspecified atom stereocenters.